The Labute approximate surface area is 126 Å². The highest BCUT2D eigenvalue weighted by atomic mass is 16.4. The molecule has 0 aromatic carbocycles. The fraction of sp³-hybridized carbons (Fsp3) is 0.944. The first-order valence-corrected chi connectivity index (χ1v) is 8.90. The molecule has 0 aromatic rings. The van der Waals surface area contributed by atoms with Crippen molar-refractivity contribution in [1.29, 1.82) is 0 Å². The first-order chi connectivity index (χ1) is 9.67. The number of rotatable bonds is 14. The third kappa shape index (κ3) is 9.39. The van der Waals surface area contributed by atoms with Crippen molar-refractivity contribution in [1.82, 2.24) is 0 Å². The Hall–Kier alpha value is -0.530. The first kappa shape index (κ1) is 19.5. The van der Waals surface area contributed by atoms with Crippen molar-refractivity contribution < 1.29 is 9.90 Å². The van der Waals surface area contributed by atoms with Crippen LogP contribution >= 0.6 is 0 Å². The second-order valence-electron chi connectivity index (χ2n) is 6.19. The highest BCUT2D eigenvalue weighted by molar-refractivity contribution is 5.70. The van der Waals surface area contributed by atoms with Gasteiger partial charge in [0.25, 0.3) is 0 Å². The summed E-state index contributed by atoms with van der Waals surface area (Å²) < 4.78 is 0. The molecule has 2 nitrogen and oxygen atoms in total. The average Bonchev–Trinajstić information content (AvgIpc) is 2.42. The smallest absolute Gasteiger partial charge is 0.306 e. The minimum absolute atomic E-state index is 0.103. The molecule has 0 saturated carbocycles. The van der Waals surface area contributed by atoms with Crippen LogP contribution in [0.4, 0.5) is 0 Å². The van der Waals surface area contributed by atoms with E-state index in [-0.39, 0.29) is 5.92 Å². The molecule has 0 bridgehead atoms. The van der Waals surface area contributed by atoms with E-state index in [0.717, 1.165) is 32.1 Å². The Balaban J connectivity index is 4.25. The molecule has 0 amide bonds. The summed E-state index contributed by atoms with van der Waals surface area (Å²) in [5.41, 5.74) is 0. The summed E-state index contributed by atoms with van der Waals surface area (Å²) >= 11 is 0. The van der Waals surface area contributed by atoms with E-state index in [1.807, 2.05) is 0 Å². The molecule has 120 valence electrons. The Bertz CT molecular complexity index is 225. The lowest BCUT2D eigenvalue weighted by Gasteiger charge is -2.24. The molecule has 0 fully saturated rings. The Morgan fingerprint density at radius 1 is 0.750 bits per heavy atom. The van der Waals surface area contributed by atoms with Gasteiger partial charge in [0.2, 0.25) is 0 Å². The van der Waals surface area contributed by atoms with Gasteiger partial charge in [-0.25, -0.2) is 0 Å². The molecular formula is C18H36O2. The van der Waals surface area contributed by atoms with Crippen LogP contribution < -0.4 is 0 Å². The number of carbonyl (C=O) groups is 1. The molecule has 0 radical (unpaired) electrons. The zero-order valence-electron chi connectivity index (χ0n) is 14.0. The van der Waals surface area contributed by atoms with Gasteiger partial charge in [0, 0.05) is 0 Å². The summed E-state index contributed by atoms with van der Waals surface area (Å²) in [6.07, 6.45) is 13.9. The van der Waals surface area contributed by atoms with E-state index in [2.05, 4.69) is 20.8 Å². The zero-order chi connectivity index (χ0) is 15.2. The molecule has 2 atom stereocenters. The summed E-state index contributed by atoms with van der Waals surface area (Å²) in [5.74, 6) is -0.264. The van der Waals surface area contributed by atoms with Crippen LogP contribution in [0.2, 0.25) is 0 Å². The van der Waals surface area contributed by atoms with Gasteiger partial charge in [-0.1, -0.05) is 78.6 Å². The van der Waals surface area contributed by atoms with Crippen LogP contribution in [-0.2, 0) is 4.79 Å². The predicted molar refractivity (Wildman–Crippen MR) is 87.0 cm³/mol. The zero-order valence-corrected chi connectivity index (χ0v) is 14.0. The van der Waals surface area contributed by atoms with Crippen LogP contribution in [0.15, 0.2) is 0 Å². The van der Waals surface area contributed by atoms with E-state index >= 15 is 0 Å². The third-order valence-corrected chi connectivity index (χ3v) is 4.34. The Morgan fingerprint density at radius 3 is 1.75 bits per heavy atom. The molecule has 0 spiro atoms. The maximum absolute atomic E-state index is 11.6. The number of unbranched alkanes of at least 4 members (excludes halogenated alkanes) is 6. The van der Waals surface area contributed by atoms with Crippen LogP contribution in [0.3, 0.4) is 0 Å². The lowest BCUT2D eigenvalue weighted by molar-refractivity contribution is -0.144. The molecule has 2 unspecified atom stereocenters. The minimum atomic E-state index is -0.560. The van der Waals surface area contributed by atoms with Crippen LogP contribution in [0.5, 0.6) is 0 Å². The average molecular weight is 284 g/mol. The first-order valence-electron chi connectivity index (χ1n) is 8.90. The van der Waals surface area contributed by atoms with Gasteiger partial charge < -0.3 is 5.11 Å². The summed E-state index contributed by atoms with van der Waals surface area (Å²) in [7, 11) is 0. The largest absolute Gasteiger partial charge is 0.481 e. The number of hydrogen-bond acceptors (Lipinski definition) is 1. The number of aliphatic carboxylic acids is 1. The minimum Gasteiger partial charge on any atom is -0.481 e. The molecule has 0 aromatic heterocycles. The van der Waals surface area contributed by atoms with Crippen molar-refractivity contribution in [2.75, 3.05) is 0 Å². The van der Waals surface area contributed by atoms with E-state index < -0.39 is 5.97 Å². The highest BCUT2D eigenvalue weighted by Crippen LogP contribution is 2.29. The molecule has 20 heavy (non-hydrogen) atoms. The Morgan fingerprint density at radius 2 is 1.30 bits per heavy atom. The van der Waals surface area contributed by atoms with Crippen molar-refractivity contribution in [3.8, 4) is 0 Å². The lowest BCUT2D eigenvalue weighted by Crippen LogP contribution is -2.24. The topological polar surface area (TPSA) is 37.3 Å². The van der Waals surface area contributed by atoms with Crippen LogP contribution in [0.1, 0.15) is 97.8 Å². The highest BCUT2D eigenvalue weighted by Gasteiger charge is 2.26. The maximum Gasteiger partial charge on any atom is 0.306 e. The van der Waals surface area contributed by atoms with Gasteiger partial charge >= 0.3 is 5.97 Å². The summed E-state index contributed by atoms with van der Waals surface area (Å²) in [6, 6.07) is 0. The van der Waals surface area contributed by atoms with Crippen LogP contribution in [0, 0.1) is 11.8 Å². The second kappa shape index (κ2) is 13.5. The van der Waals surface area contributed by atoms with Crippen molar-refractivity contribution >= 4 is 5.97 Å². The van der Waals surface area contributed by atoms with Gasteiger partial charge in [-0.05, 0) is 25.2 Å². The summed E-state index contributed by atoms with van der Waals surface area (Å²) in [6.45, 7) is 6.59. The summed E-state index contributed by atoms with van der Waals surface area (Å²) in [4.78, 5) is 11.6. The van der Waals surface area contributed by atoms with Gasteiger partial charge in [-0.3, -0.25) is 4.79 Å². The number of hydrogen-bond donors (Lipinski definition) is 1. The van der Waals surface area contributed by atoms with E-state index in [0.29, 0.717) is 5.92 Å². The quantitative estimate of drug-likeness (QED) is 0.394. The molecule has 0 rings (SSSR count). The maximum atomic E-state index is 11.6. The fourth-order valence-corrected chi connectivity index (χ4v) is 3.10. The van der Waals surface area contributed by atoms with Crippen molar-refractivity contribution in [3.05, 3.63) is 0 Å². The van der Waals surface area contributed by atoms with E-state index in [1.165, 1.54) is 44.9 Å². The van der Waals surface area contributed by atoms with Gasteiger partial charge in [-0.15, -0.1) is 0 Å². The number of carboxylic acids is 1. The third-order valence-electron chi connectivity index (χ3n) is 4.34. The van der Waals surface area contributed by atoms with Crippen molar-refractivity contribution in [2.24, 2.45) is 11.8 Å². The molecule has 0 saturated heterocycles. The van der Waals surface area contributed by atoms with E-state index in [4.69, 9.17) is 0 Å². The van der Waals surface area contributed by atoms with Gasteiger partial charge in [0.15, 0.2) is 0 Å². The normalized spacial score (nSPS) is 14.2. The molecule has 0 aliphatic rings. The fourth-order valence-electron chi connectivity index (χ4n) is 3.10. The molecule has 0 aliphatic heterocycles. The standard InChI is InChI=1S/C18H36O2/c1-4-7-9-11-14-16(13-6-3)17(18(19)20)15-12-10-8-5-2/h16-17H,4-15H2,1-3H3,(H,19,20). The van der Waals surface area contributed by atoms with Crippen molar-refractivity contribution in [2.45, 2.75) is 97.8 Å². The van der Waals surface area contributed by atoms with E-state index in [1.54, 1.807) is 0 Å². The second-order valence-corrected chi connectivity index (χ2v) is 6.19. The molecular weight excluding hydrogens is 248 g/mol. The predicted octanol–water partition coefficient (Wildman–Crippen LogP) is 6.04. The lowest BCUT2D eigenvalue weighted by atomic mass is 9.81. The van der Waals surface area contributed by atoms with Gasteiger partial charge in [-0.2, -0.15) is 0 Å². The van der Waals surface area contributed by atoms with Crippen LogP contribution in [0.25, 0.3) is 0 Å². The summed E-state index contributed by atoms with van der Waals surface area (Å²) in [5, 5.41) is 9.53. The molecule has 0 aliphatic carbocycles. The SMILES string of the molecule is CCCCCCC(CCC)C(CCCCCC)C(=O)O. The van der Waals surface area contributed by atoms with Gasteiger partial charge in [0.1, 0.15) is 0 Å². The molecule has 2 heteroatoms. The van der Waals surface area contributed by atoms with E-state index in [9.17, 15) is 9.90 Å². The van der Waals surface area contributed by atoms with Crippen LogP contribution in [-0.4, -0.2) is 11.1 Å². The van der Waals surface area contributed by atoms with Gasteiger partial charge in [0.05, 0.1) is 5.92 Å². The number of carboxylic acid groups (broad SMARTS) is 1. The van der Waals surface area contributed by atoms with Crippen molar-refractivity contribution in [3.63, 3.8) is 0 Å². The molecule has 0 heterocycles. The monoisotopic (exact) mass is 284 g/mol. The Kier molecular flexibility index (Phi) is 13.1. The molecule has 1 N–H and O–H groups in total.